The summed E-state index contributed by atoms with van der Waals surface area (Å²) in [5.41, 5.74) is 0. The fourth-order valence-corrected chi connectivity index (χ4v) is 3.86. The Bertz CT molecular complexity index is 492. The molecule has 110 valence electrons. The lowest BCUT2D eigenvalue weighted by atomic mass is 10.0. The van der Waals surface area contributed by atoms with Crippen molar-refractivity contribution in [1.29, 1.82) is 0 Å². The van der Waals surface area contributed by atoms with Gasteiger partial charge in [-0.05, 0) is 31.8 Å². The number of nitrogens with zero attached hydrogens (tertiary/aromatic N) is 2. The summed E-state index contributed by atoms with van der Waals surface area (Å²) < 4.78 is 28.1. The van der Waals surface area contributed by atoms with Crippen LogP contribution in [0.15, 0.2) is 11.2 Å². The number of hydrogen-bond donors (Lipinski definition) is 2. The highest BCUT2D eigenvalue weighted by atomic mass is 35.5. The van der Waals surface area contributed by atoms with Crippen LogP contribution in [0.4, 0.5) is 0 Å². The summed E-state index contributed by atoms with van der Waals surface area (Å²) >= 11 is 5.84. The van der Waals surface area contributed by atoms with Crippen molar-refractivity contribution in [2.45, 2.75) is 17.9 Å². The number of rotatable bonds is 4. The van der Waals surface area contributed by atoms with Crippen molar-refractivity contribution in [3.8, 4) is 0 Å². The zero-order valence-electron chi connectivity index (χ0n) is 10.6. The quantitative estimate of drug-likeness (QED) is 0.856. The van der Waals surface area contributed by atoms with Gasteiger partial charge in [0, 0.05) is 13.6 Å². The number of aromatic nitrogens is 2. The molecule has 2 rings (SSSR count). The highest BCUT2D eigenvalue weighted by Crippen LogP contribution is 2.20. The Labute approximate surface area is 124 Å². The monoisotopic (exact) mass is 328 g/mol. The van der Waals surface area contributed by atoms with Crippen LogP contribution in [-0.2, 0) is 17.1 Å². The molecular formula is C10H18Cl2N4O2S. The molecule has 1 aliphatic heterocycles. The first-order chi connectivity index (χ1) is 8.50. The highest BCUT2D eigenvalue weighted by Gasteiger charge is 2.24. The number of halogens is 2. The van der Waals surface area contributed by atoms with E-state index in [2.05, 4.69) is 15.1 Å². The van der Waals surface area contributed by atoms with Gasteiger partial charge in [-0.15, -0.1) is 12.4 Å². The Kier molecular flexibility index (Phi) is 6.07. The second kappa shape index (κ2) is 6.90. The van der Waals surface area contributed by atoms with E-state index in [1.165, 1.54) is 10.9 Å². The molecule has 0 saturated carbocycles. The standard InChI is InChI=1S/C10H17ClN4O2S.ClH/c1-15-10(9(11)7-13-15)18(16,17)14-6-8-3-2-4-12-5-8;/h7-8,12,14H,2-6H2,1H3;1H. The summed E-state index contributed by atoms with van der Waals surface area (Å²) in [7, 11) is -2.03. The van der Waals surface area contributed by atoms with E-state index >= 15 is 0 Å². The maximum absolute atomic E-state index is 12.1. The second-order valence-corrected chi connectivity index (χ2v) is 6.57. The Morgan fingerprint density at radius 2 is 2.37 bits per heavy atom. The van der Waals surface area contributed by atoms with E-state index in [1.807, 2.05) is 0 Å². The molecule has 0 spiro atoms. The van der Waals surface area contributed by atoms with Crippen LogP contribution in [0.25, 0.3) is 0 Å². The maximum atomic E-state index is 12.1. The van der Waals surface area contributed by atoms with Crippen LogP contribution in [0.2, 0.25) is 5.02 Å². The molecule has 0 radical (unpaired) electrons. The normalized spacial score (nSPS) is 20.0. The molecule has 2 heterocycles. The number of aryl methyl sites for hydroxylation is 1. The molecule has 1 aromatic rings. The average Bonchev–Trinajstić information content (AvgIpc) is 2.69. The smallest absolute Gasteiger partial charge is 0.259 e. The van der Waals surface area contributed by atoms with Crippen molar-refractivity contribution in [3.05, 3.63) is 11.2 Å². The van der Waals surface area contributed by atoms with E-state index < -0.39 is 10.0 Å². The Balaban J connectivity index is 0.00000180. The highest BCUT2D eigenvalue weighted by molar-refractivity contribution is 7.89. The predicted molar refractivity (Wildman–Crippen MR) is 76.2 cm³/mol. The molecular weight excluding hydrogens is 311 g/mol. The Hall–Kier alpha value is -0.340. The fourth-order valence-electron chi connectivity index (χ4n) is 2.10. The minimum Gasteiger partial charge on any atom is -0.316 e. The van der Waals surface area contributed by atoms with Gasteiger partial charge in [-0.1, -0.05) is 11.6 Å². The van der Waals surface area contributed by atoms with Gasteiger partial charge >= 0.3 is 0 Å². The average molecular weight is 329 g/mol. The first-order valence-corrected chi connectivity index (χ1v) is 7.74. The van der Waals surface area contributed by atoms with Crippen LogP contribution >= 0.6 is 24.0 Å². The molecule has 2 N–H and O–H groups in total. The molecule has 1 aliphatic rings. The summed E-state index contributed by atoms with van der Waals surface area (Å²) in [4.78, 5) is 0. The lowest BCUT2D eigenvalue weighted by Gasteiger charge is -2.22. The van der Waals surface area contributed by atoms with Crippen molar-refractivity contribution in [2.75, 3.05) is 19.6 Å². The number of nitrogens with one attached hydrogen (secondary N) is 2. The number of hydrogen-bond acceptors (Lipinski definition) is 4. The first-order valence-electron chi connectivity index (χ1n) is 5.88. The molecule has 0 bridgehead atoms. The van der Waals surface area contributed by atoms with Crippen LogP contribution in [0.1, 0.15) is 12.8 Å². The number of sulfonamides is 1. The zero-order valence-corrected chi connectivity index (χ0v) is 13.0. The van der Waals surface area contributed by atoms with Crippen molar-refractivity contribution >= 4 is 34.0 Å². The molecule has 1 unspecified atom stereocenters. The van der Waals surface area contributed by atoms with Crippen LogP contribution in [0.5, 0.6) is 0 Å². The largest absolute Gasteiger partial charge is 0.316 e. The van der Waals surface area contributed by atoms with Crippen LogP contribution in [-0.4, -0.2) is 37.8 Å². The van der Waals surface area contributed by atoms with E-state index in [4.69, 9.17) is 11.6 Å². The van der Waals surface area contributed by atoms with Crippen LogP contribution in [0.3, 0.4) is 0 Å². The summed E-state index contributed by atoms with van der Waals surface area (Å²) in [5, 5.41) is 7.25. The summed E-state index contributed by atoms with van der Waals surface area (Å²) in [5.74, 6) is 0.334. The van der Waals surface area contributed by atoms with Gasteiger partial charge < -0.3 is 5.32 Å². The van der Waals surface area contributed by atoms with Crippen molar-refractivity contribution in [3.63, 3.8) is 0 Å². The lowest BCUT2D eigenvalue weighted by molar-refractivity contribution is 0.375. The maximum Gasteiger partial charge on any atom is 0.259 e. The van der Waals surface area contributed by atoms with Crippen LogP contribution < -0.4 is 10.0 Å². The van der Waals surface area contributed by atoms with E-state index in [1.54, 1.807) is 7.05 Å². The third-order valence-corrected chi connectivity index (χ3v) is 4.99. The topological polar surface area (TPSA) is 76.0 Å². The molecule has 1 aromatic heterocycles. The van der Waals surface area contributed by atoms with Gasteiger partial charge in [0.25, 0.3) is 10.0 Å². The van der Waals surface area contributed by atoms with Crippen molar-refractivity contribution < 1.29 is 8.42 Å². The molecule has 19 heavy (non-hydrogen) atoms. The van der Waals surface area contributed by atoms with E-state index in [-0.39, 0.29) is 22.5 Å². The van der Waals surface area contributed by atoms with E-state index in [0.717, 1.165) is 25.9 Å². The van der Waals surface area contributed by atoms with Crippen molar-refractivity contribution in [2.24, 2.45) is 13.0 Å². The van der Waals surface area contributed by atoms with E-state index in [0.29, 0.717) is 12.5 Å². The van der Waals surface area contributed by atoms with Gasteiger partial charge in [-0.3, -0.25) is 4.68 Å². The minimum absolute atomic E-state index is 0. The van der Waals surface area contributed by atoms with Gasteiger partial charge in [-0.25, -0.2) is 13.1 Å². The van der Waals surface area contributed by atoms with Crippen molar-refractivity contribution in [1.82, 2.24) is 19.8 Å². The summed E-state index contributed by atoms with van der Waals surface area (Å²) in [6.45, 7) is 2.29. The Morgan fingerprint density at radius 3 is 2.89 bits per heavy atom. The van der Waals surface area contributed by atoms with Gasteiger partial charge in [0.05, 0.1) is 11.2 Å². The number of piperidine rings is 1. The Morgan fingerprint density at radius 1 is 1.63 bits per heavy atom. The van der Waals surface area contributed by atoms with Gasteiger partial charge in [0.2, 0.25) is 0 Å². The molecule has 1 saturated heterocycles. The van der Waals surface area contributed by atoms with Gasteiger partial charge in [0.1, 0.15) is 0 Å². The zero-order chi connectivity index (χ0) is 13.2. The second-order valence-electron chi connectivity index (χ2n) is 4.49. The molecule has 1 atom stereocenters. The SMILES string of the molecule is Cl.Cn1ncc(Cl)c1S(=O)(=O)NCC1CCCNC1. The fraction of sp³-hybridized carbons (Fsp3) is 0.700. The molecule has 1 fully saturated rings. The molecule has 9 heteroatoms. The first kappa shape index (κ1) is 16.7. The minimum atomic E-state index is -3.59. The van der Waals surface area contributed by atoms with Gasteiger partial charge in [-0.2, -0.15) is 5.10 Å². The molecule has 0 aliphatic carbocycles. The predicted octanol–water partition coefficient (Wildman–Crippen LogP) is 0.773. The molecule has 6 nitrogen and oxygen atoms in total. The molecule has 0 amide bonds. The van der Waals surface area contributed by atoms with Crippen LogP contribution in [0, 0.1) is 5.92 Å². The lowest BCUT2D eigenvalue weighted by Crippen LogP contribution is -2.38. The summed E-state index contributed by atoms with van der Waals surface area (Å²) in [6, 6.07) is 0. The van der Waals surface area contributed by atoms with Gasteiger partial charge in [0.15, 0.2) is 5.03 Å². The summed E-state index contributed by atoms with van der Waals surface area (Å²) in [6.07, 6.45) is 3.45. The molecule has 0 aromatic carbocycles. The third kappa shape index (κ3) is 4.06. The third-order valence-electron chi connectivity index (χ3n) is 3.06. The van der Waals surface area contributed by atoms with E-state index in [9.17, 15) is 8.42 Å².